The average Bonchev–Trinajstić information content (AvgIpc) is 3.41. The molecular formula is C28H34FN11O. The number of halogens is 1. The lowest BCUT2D eigenvalue weighted by Crippen LogP contribution is -2.44. The van der Waals surface area contributed by atoms with Gasteiger partial charge in [-0.3, -0.25) is 9.78 Å². The molecule has 4 aromatic rings. The van der Waals surface area contributed by atoms with Gasteiger partial charge in [0.15, 0.2) is 17.2 Å². The second-order valence-electron chi connectivity index (χ2n) is 10.7. The summed E-state index contributed by atoms with van der Waals surface area (Å²) in [6, 6.07) is 9.58. The van der Waals surface area contributed by atoms with E-state index in [0.717, 1.165) is 63.9 Å². The number of aromatic nitrogens is 5. The van der Waals surface area contributed by atoms with Crippen LogP contribution in [0.4, 0.5) is 33.2 Å². The lowest BCUT2D eigenvalue weighted by atomic mass is 9.92. The zero-order valence-electron chi connectivity index (χ0n) is 22.9. The van der Waals surface area contributed by atoms with Crippen molar-refractivity contribution in [3.05, 3.63) is 60.4 Å². The molecule has 1 aliphatic heterocycles. The van der Waals surface area contributed by atoms with E-state index in [1.165, 1.54) is 23.0 Å². The summed E-state index contributed by atoms with van der Waals surface area (Å²) in [6.45, 7) is 3.77. The first-order chi connectivity index (χ1) is 19.9. The molecule has 0 aromatic carbocycles. The molecule has 6 rings (SSSR count). The van der Waals surface area contributed by atoms with Crippen LogP contribution in [0, 0.1) is 5.82 Å². The Hall–Kier alpha value is -4.36. The van der Waals surface area contributed by atoms with E-state index in [2.05, 4.69) is 42.8 Å². The van der Waals surface area contributed by atoms with Gasteiger partial charge in [-0.2, -0.15) is 0 Å². The molecule has 0 atom stereocenters. The van der Waals surface area contributed by atoms with Crippen molar-refractivity contribution < 1.29 is 9.18 Å². The van der Waals surface area contributed by atoms with Crippen LogP contribution in [0.25, 0.3) is 5.65 Å². The van der Waals surface area contributed by atoms with Crippen LogP contribution >= 0.6 is 0 Å². The fraction of sp³-hybridized carbons (Fsp3) is 0.393. The van der Waals surface area contributed by atoms with Crippen molar-refractivity contribution in [2.24, 2.45) is 5.73 Å². The number of fused-ring (bicyclic) bond motifs is 1. The van der Waals surface area contributed by atoms with Gasteiger partial charge in [-0.15, -0.1) is 5.10 Å². The predicted octanol–water partition coefficient (Wildman–Crippen LogP) is 3.09. The Morgan fingerprint density at radius 3 is 2.61 bits per heavy atom. The second kappa shape index (κ2) is 11.6. The second-order valence-corrected chi connectivity index (χ2v) is 10.7. The van der Waals surface area contributed by atoms with Crippen LogP contribution in [0.5, 0.6) is 0 Å². The number of rotatable bonds is 7. The largest absolute Gasteiger partial charge is 0.366 e. The Balaban J connectivity index is 1.32. The molecule has 2 fully saturated rings. The molecule has 1 amide bonds. The molecule has 0 bridgehead atoms. The molecule has 13 heteroatoms. The Labute approximate surface area is 237 Å². The number of nitrogens with one attached hydrogen (secondary N) is 3. The highest BCUT2D eigenvalue weighted by molar-refractivity contribution is 6.03. The Morgan fingerprint density at radius 2 is 1.83 bits per heavy atom. The van der Waals surface area contributed by atoms with E-state index in [4.69, 9.17) is 15.8 Å². The number of hydrogen-bond donors (Lipinski definition) is 4. The van der Waals surface area contributed by atoms with Gasteiger partial charge in [-0.05, 0) is 50.9 Å². The summed E-state index contributed by atoms with van der Waals surface area (Å²) in [4.78, 5) is 30.9. The van der Waals surface area contributed by atoms with Gasteiger partial charge >= 0.3 is 0 Å². The van der Waals surface area contributed by atoms with Crippen LogP contribution in [0.15, 0.2) is 48.9 Å². The topological polar surface area (TPSA) is 142 Å². The first-order valence-corrected chi connectivity index (χ1v) is 13.9. The molecule has 0 radical (unpaired) electrons. The highest BCUT2D eigenvalue weighted by Gasteiger charge is 2.22. The summed E-state index contributed by atoms with van der Waals surface area (Å²) in [5.74, 6) is 0.953. The maximum Gasteiger partial charge on any atom is 0.276 e. The number of piperazine rings is 1. The molecule has 5 N–H and O–H groups in total. The summed E-state index contributed by atoms with van der Waals surface area (Å²) < 4.78 is 15.7. The minimum atomic E-state index is -0.630. The van der Waals surface area contributed by atoms with E-state index in [9.17, 15) is 9.18 Å². The smallest absolute Gasteiger partial charge is 0.276 e. The van der Waals surface area contributed by atoms with Crippen LogP contribution in [0.2, 0.25) is 0 Å². The third-order valence-corrected chi connectivity index (χ3v) is 7.67. The molecule has 12 nitrogen and oxygen atoms in total. The van der Waals surface area contributed by atoms with Gasteiger partial charge in [-0.25, -0.2) is 18.9 Å². The molecule has 1 saturated carbocycles. The summed E-state index contributed by atoms with van der Waals surface area (Å²) in [6.07, 6.45) is 7.61. The minimum Gasteiger partial charge on any atom is -0.366 e. The van der Waals surface area contributed by atoms with Gasteiger partial charge in [0.25, 0.3) is 5.91 Å². The number of anilines is 5. The molecule has 5 heterocycles. The van der Waals surface area contributed by atoms with Crippen molar-refractivity contribution in [3.63, 3.8) is 0 Å². The number of carbonyl (C=O) groups is 1. The predicted molar refractivity (Wildman–Crippen MR) is 156 cm³/mol. The fourth-order valence-corrected chi connectivity index (χ4v) is 5.26. The fourth-order valence-electron chi connectivity index (χ4n) is 5.26. The average molecular weight is 560 g/mol. The van der Waals surface area contributed by atoms with Gasteiger partial charge in [0, 0.05) is 50.5 Å². The quantitative estimate of drug-likeness (QED) is 0.267. The van der Waals surface area contributed by atoms with Crippen LogP contribution < -0.4 is 26.6 Å². The van der Waals surface area contributed by atoms with Crippen molar-refractivity contribution in [2.75, 3.05) is 54.1 Å². The molecular weight excluding hydrogens is 525 g/mol. The molecule has 1 saturated heterocycles. The van der Waals surface area contributed by atoms with Crippen molar-refractivity contribution in [1.29, 1.82) is 0 Å². The number of carbonyl (C=O) groups excluding carboxylic acids is 1. The first kappa shape index (κ1) is 26.8. The monoisotopic (exact) mass is 559 g/mol. The minimum absolute atomic E-state index is 0.0241. The van der Waals surface area contributed by atoms with Crippen molar-refractivity contribution in [1.82, 2.24) is 29.5 Å². The standard InChI is InChI=1S/C28H34FN11O/c1-38-11-13-39(14-12-38)26-4-2-3-24(36-26)34-22-15-25(33-19-7-5-18(30)6-8-19)37-40-23(17-32-27(22)40)28(41)35-21-9-10-31-16-20(21)29/h2-4,9-10,15-19H,5-8,11-14,30H2,1H3,(H,33,37)(H,34,36)(H,31,35,41)/t18-,19-. The summed E-state index contributed by atoms with van der Waals surface area (Å²) in [7, 11) is 2.12. The summed E-state index contributed by atoms with van der Waals surface area (Å²) in [5, 5.41) is 14.2. The Bertz CT molecular complexity index is 1530. The lowest BCUT2D eigenvalue weighted by molar-refractivity contribution is 0.102. The molecule has 4 aromatic heterocycles. The van der Waals surface area contributed by atoms with Crippen molar-refractivity contribution in [2.45, 2.75) is 37.8 Å². The van der Waals surface area contributed by atoms with Crippen molar-refractivity contribution in [3.8, 4) is 0 Å². The van der Waals surface area contributed by atoms with Gasteiger partial charge in [0.05, 0.1) is 23.8 Å². The van der Waals surface area contributed by atoms with E-state index >= 15 is 0 Å². The number of pyridine rings is 2. The zero-order valence-corrected chi connectivity index (χ0v) is 22.9. The van der Waals surface area contributed by atoms with E-state index in [1.54, 1.807) is 0 Å². The number of imidazole rings is 1. The number of nitrogens with zero attached hydrogens (tertiary/aromatic N) is 7. The van der Waals surface area contributed by atoms with E-state index in [-0.39, 0.29) is 23.5 Å². The van der Waals surface area contributed by atoms with Crippen LogP contribution in [0.1, 0.15) is 36.2 Å². The highest BCUT2D eigenvalue weighted by Crippen LogP contribution is 2.28. The van der Waals surface area contributed by atoms with Gasteiger partial charge < -0.3 is 31.5 Å². The van der Waals surface area contributed by atoms with Crippen LogP contribution in [-0.2, 0) is 0 Å². The number of amides is 1. The maximum absolute atomic E-state index is 14.2. The molecule has 1 aliphatic carbocycles. The number of likely N-dealkylation sites (N-methyl/N-ethyl adjacent to an activating group) is 1. The normalized spacial score (nSPS) is 19.7. The van der Waals surface area contributed by atoms with E-state index in [0.29, 0.717) is 23.0 Å². The molecule has 0 spiro atoms. The Kier molecular flexibility index (Phi) is 7.61. The van der Waals surface area contributed by atoms with Crippen molar-refractivity contribution >= 4 is 40.4 Å². The van der Waals surface area contributed by atoms with E-state index in [1.807, 2.05) is 24.3 Å². The van der Waals surface area contributed by atoms with E-state index < -0.39 is 11.7 Å². The van der Waals surface area contributed by atoms with Gasteiger partial charge in [-0.1, -0.05) is 6.07 Å². The molecule has 41 heavy (non-hydrogen) atoms. The van der Waals surface area contributed by atoms with Crippen LogP contribution in [-0.4, -0.2) is 80.7 Å². The third-order valence-electron chi connectivity index (χ3n) is 7.67. The summed E-state index contributed by atoms with van der Waals surface area (Å²) in [5.41, 5.74) is 7.36. The van der Waals surface area contributed by atoms with Crippen LogP contribution in [0.3, 0.4) is 0 Å². The highest BCUT2D eigenvalue weighted by atomic mass is 19.1. The summed E-state index contributed by atoms with van der Waals surface area (Å²) >= 11 is 0. The third kappa shape index (κ3) is 6.05. The molecule has 2 aliphatic rings. The zero-order chi connectivity index (χ0) is 28.3. The lowest BCUT2D eigenvalue weighted by Gasteiger charge is -2.33. The van der Waals surface area contributed by atoms with Gasteiger partial charge in [0.2, 0.25) is 0 Å². The molecule has 214 valence electrons. The first-order valence-electron chi connectivity index (χ1n) is 13.9. The maximum atomic E-state index is 14.2. The SMILES string of the molecule is CN1CCN(c2cccc(Nc3cc(N[C@H]4CC[C@H](N)CC4)nn4c(C(=O)Nc5ccncc5F)cnc34)n2)CC1. The van der Waals surface area contributed by atoms with Gasteiger partial charge in [0.1, 0.15) is 17.5 Å². The number of nitrogens with two attached hydrogens (primary N) is 1. The Morgan fingerprint density at radius 1 is 1.02 bits per heavy atom. The number of hydrogen-bond acceptors (Lipinski definition) is 10. The molecule has 0 unspecified atom stereocenters.